The van der Waals surface area contributed by atoms with Gasteiger partial charge in [0, 0.05) is 11.6 Å². The molecule has 1 aromatic heterocycles. The normalized spacial score (nSPS) is 14.4. The molecular formula is C15H13F3N4O. The van der Waals surface area contributed by atoms with E-state index in [1.165, 1.54) is 18.2 Å². The van der Waals surface area contributed by atoms with E-state index < -0.39 is 11.7 Å². The van der Waals surface area contributed by atoms with Crippen molar-refractivity contribution in [2.75, 3.05) is 10.6 Å². The van der Waals surface area contributed by atoms with E-state index in [0.717, 1.165) is 25.0 Å². The molecule has 1 amide bonds. The van der Waals surface area contributed by atoms with Crippen LogP contribution in [0.15, 0.2) is 36.4 Å². The van der Waals surface area contributed by atoms with Crippen LogP contribution in [0.25, 0.3) is 0 Å². The van der Waals surface area contributed by atoms with E-state index in [-0.39, 0.29) is 23.3 Å². The van der Waals surface area contributed by atoms with Gasteiger partial charge < -0.3 is 10.6 Å². The van der Waals surface area contributed by atoms with Crippen molar-refractivity contribution in [3.8, 4) is 0 Å². The Kier molecular flexibility index (Phi) is 3.89. The Labute approximate surface area is 129 Å². The number of alkyl halides is 3. The van der Waals surface area contributed by atoms with Crippen LogP contribution in [0.5, 0.6) is 0 Å². The number of benzene rings is 1. The summed E-state index contributed by atoms with van der Waals surface area (Å²) >= 11 is 0. The van der Waals surface area contributed by atoms with E-state index in [2.05, 4.69) is 20.8 Å². The number of amides is 1. The first-order chi connectivity index (χ1) is 10.9. The number of nitrogens with one attached hydrogen (secondary N) is 2. The molecule has 5 nitrogen and oxygen atoms in total. The van der Waals surface area contributed by atoms with Crippen molar-refractivity contribution >= 4 is 23.2 Å². The Morgan fingerprint density at radius 3 is 2.39 bits per heavy atom. The highest BCUT2D eigenvalue weighted by Gasteiger charge is 2.31. The van der Waals surface area contributed by atoms with Gasteiger partial charge in [-0.3, -0.25) is 4.79 Å². The number of nitrogens with zero attached hydrogens (tertiary/aromatic N) is 2. The summed E-state index contributed by atoms with van der Waals surface area (Å²) in [6.07, 6.45) is -2.64. The van der Waals surface area contributed by atoms with Crippen LogP contribution < -0.4 is 10.6 Å². The lowest BCUT2D eigenvalue weighted by molar-refractivity contribution is -0.137. The zero-order valence-corrected chi connectivity index (χ0v) is 11.9. The fourth-order valence-electron chi connectivity index (χ4n) is 1.96. The van der Waals surface area contributed by atoms with Gasteiger partial charge in [0.1, 0.15) is 0 Å². The summed E-state index contributed by atoms with van der Waals surface area (Å²) < 4.78 is 38.0. The van der Waals surface area contributed by atoms with Crippen LogP contribution >= 0.6 is 0 Å². The summed E-state index contributed by atoms with van der Waals surface area (Å²) in [6.45, 7) is 0. The standard InChI is InChI=1S/C15H13F3N4O/c16-15(17,18)10-2-1-3-11(8-10)19-12-6-7-13(22-21-12)20-14(23)9-4-5-9/h1-3,6-9H,4-5H2,(H,19,21)(H,20,22,23). The summed E-state index contributed by atoms with van der Waals surface area (Å²) in [7, 11) is 0. The average Bonchev–Trinajstić information content (AvgIpc) is 3.33. The van der Waals surface area contributed by atoms with Crippen molar-refractivity contribution in [2.45, 2.75) is 19.0 Å². The molecule has 0 saturated heterocycles. The third-order valence-corrected chi connectivity index (χ3v) is 3.33. The molecule has 1 saturated carbocycles. The zero-order chi connectivity index (χ0) is 16.4. The summed E-state index contributed by atoms with van der Waals surface area (Å²) in [5.74, 6) is 0.572. The van der Waals surface area contributed by atoms with Crippen LogP contribution in [0.1, 0.15) is 18.4 Å². The quantitative estimate of drug-likeness (QED) is 0.903. The Hall–Kier alpha value is -2.64. The minimum atomic E-state index is -4.40. The highest BCUT2D eigenvalue weighted by Crippen LogP contribution is 2.31. The maximum atomic E-state index is 12.7. The van der Waals surface area contributed by atoms with Gasteiger partial charge in [0.05, 0.1) is 5.56 Å². The van der Waals surface area contributed by atoms with E-state index in [9.17, 15) is 18.0 Å². The molecule has 0 radical (unpaired) electrons. The fourth-order valence-corrected chi connectivity index (χ4v) is 1.96. The molecule has 0 unspecified atom stereocenters. The number of carbonyl (C=O) groups excluding carboxylic acids is 1. The molecule has 3 rings (SSSR count). The summed E-state index contributed by atoms with van der Waals surface area (Å²) in [6, 6.07) is 7.87. The van der Waals surface area contributed by atoms with Crippen LogP contribution in [-0.2, 0) is 11.0 Å². The van der Waals surface area contributed by atoms with Gasteiger partial charge >= 0.3 is 6.18 Å². The molecule has 2 aromatic rings. The molecule has 1 aromatic carbocycles. The van der Waals surface area contributed by atoms with Crippen LogP contribution in [0.4, 0.5) is 30.5 Å². The second-order valence-corrected chi connectivity index (χ2v) is 5.27. The Morgan fingerprint density at radius 2 is 1.78 bits per heavy atom. The maximum absolute atomic E-state index is 12.7. The number of aromatic nitrogens is 2. The lowest BCUT2D eigenvalue weighted by Gasteiger charge is -2.10. The summed E-state index contributed by atoms with van der Waals surface area (Å²) in [5.41, 5.74) is -0.493. The van der Waals surface area contributed by atoms with Gasteiger partial charge in [-0.15, -0.1) is 10.2 Å². The maximum Gasteiger partial charge on any atom is 0.416 e. The first kappa shape index (κ1) is 15.3. The Balaban J connectivity index is 1.67. The number of hydrogen-bond donors (Lipinski definition) is 2. The minimum Gasteiger partial charge on any atom is -0.339 e. The van der Waals surface area contributed by atoms with Gasteiger partial charge in [-0.05, 0) is 43.2 Å². The van der Waals surface area contributed by atoms with Gasteiger partial charge in [0.25, 0.3) is 0 Å². The van der Waals surface area contributed by atoms with E-state index in [1.54, 1.807) is 6.07 Å². The van der Waals surface area contributed by atoms with Gasteiger partial charge in [-0.25, -0.2) is 0 Å². The fraction of sp³-hybridized carbons (Fsp3) is 0.267. The third-order valence-electron chi connectivity index (χ3n) is 3.33. The zero-order valence-electron chi connectivity index (χ0n) is 11.9. The second kappa shape index (κ2) is 5.86. The molecular weight excluding hydrogens is 309 g/mol. The largest absolute Gasteiger partial charge is 0.416 e. The van der Waals surface area contributed by atoms with Gasteiger partial charge in [0.15, 0.2) is 11.6 Å². The SMILES string of the molecule is O=C(Nc1ccc(Nc2cccc(C(F)(F)F)c2)nn1)C1CC1. The average molecular weight is 322 g/mol. The number of hydrogen-bond acceptors (Lipinski definition) is 4. The van der Waals surface area contributed by atoms with Crippen LogP contribution in [0.2, 0.25) is 0 Å². The number of rotatable bonds is 4. The van der Waals surface area contributed by atoms with E-state index >= 15 is 0 Å². The van der Waals surface area contributed by atoms with Gasteiger partial charge in [0.2, 0.25) is 5.91 Å². The van der Waals surface area contributed by atoms with Crippen molar-refractivity contribution in [3.63, 3.8) is 0 Å². The molecule has 2 N–H and O–H groups in total. The predicted octanol–water partition coefficient (Wildman–Crippen LogP) is 3.59. The lowest BCUT2D eigenvalue weighted by Crippen LogP contribution is -2.14. The first-order valence-corrected chi connectivity index (χ1v) is 7.01. The minimum absolute atomic E-state index is 0.0553. The molecule has 120 valence electrons. The highest BCUT2D eigenvalue weighted by atomic mass is 19.4. The molecule has 1 aliphatic rings. The molecule has 8 heteroatoms. The van der Waals surface area contributed by atoms with Crippen molar-refractivity contribution in [2.24, 2.45) is 5.92 Å². The molecule has 23 heavy (non-hydrogen) atoms. The van der Waals surface area contributed by atoms with Crippen molar-refractivity contribution in [1.29, 1.82) is 0 Å². The highest BCUT2D eigenvalue weighted by molar-refractivity contribution is 5.93. The van der Waals surface area contributed by atoms with Gasteiger partial charge in [-0.1, -0.05) is 6.07 Å². The molecule has 1 aliphatic carbocycles. The van der Waals surface area contributed by atoms with E-state index in [0.29, 0.717) is 5.82 Å². The van der Waals surface area contributed by atoms with Crippen molar-refractivity contribution < 1.29 is 18.0 Å². The predicted molar refractivity (Wildman–Crippen MR) is 78.1 cm³/mol. The lowest BCUT2D eigenvalue weighted by atomic mass is 10.2. The first-order valence-electron chi connectivity index (χ1n) is 7.01. The smallest absolute Gasteiger partial charge is 0.339 e. The second-order valence-electron chi connectivity index (χ2n) is 5.27. The van der Waals surface area contributed by atoms with Crippen molar-refractivity contribution in [3.05, 3.63) is 42.0 Å². The monoisotopic (exact) mass is 322 g/mol. The molecule has 0 spiro atoms. The summed E-state index contributed by atoms with van der Waals surface area (Å²) in [4.78, 5) is 11.6. The topological polar surface area (TPSA) is 66.9 Å². The Bertz CT molecular complexity index is 711. The molecule has 0 aliphatic heterocycles. The number of carbonyl (C=O) groups is 1. The summed E-state index contributed by atoms with van der Waals surface area (Å²) in [5, 5.41) is 13.1. The van der Waals surface area contributed by atoms with Crippen LogP contribution in [0, 0.1) is 5.92 Å². The van der Waals surface area contributed by atoms with Crippen LogP contribution in [-0.4, -0.2) is 16.1 Å². The Morgan fingerprint density at radius 1 is 1.09 bits per heavy atom. The van der Waals surface area contributed by atoms with Gasteiger partial charge in [-0.2, -0.15) is 13.2 Å². The molecule has 0 bridgehead atoms. The van der Waals surface area contributed by atoms with E-state index in [1.807, 2.05) is 0 Å². The number of halogens is 3. The molecule has 0 atom stereocenters. The number of anilines is 3. The third kappa shape index (κ3) is 3.97. The van der Waals surface area contributed by atoms with Crippen molar-refractivity contribution in [1.82, 2.24) is 10.2 Å². The molecule has 1 fully saturated rings. The van der Waals surface area contributed by atoms with Crippen LogP contribution in [0.3, 0.4) is 0 Å². The van der Waals surface area contributed by atoms with E-state index in [4.69, 9.17) is 0 Å². The molecule has 1 heterocycles.